The summed E-state index contributed by atoms with van der Waals surface area (Å²) in [7, 11) is 0. The molecule has 1 atom stereocenters. The van der Waals surface area contributed by atoms with Gasteiger partial charge in [0.15, 0.2) is 0 Å². The summed E-state index contributed by atoms with van der Waals surface area (Å²) < 4.78 is 5.71. The van der Waals surface area contributed by atoms with Crippen LogP contribution in [0.5, 0.6) is 5.75 Å². The molecule has 0 radical (unpaired) electrons. The highest BCUT2D eigenvalue weighted by atomic mass is 35.5. The van der Waals surface area contributed by atoms with E-state index in [-0.39, 0.29) is 12.4 Å². The lowest BCUT2D eigenvalue weighted by molar-refractivity contribution is 0.295. The first-order valence-electron chi connectivity index (χ1n) is 7.06. The number of rotatable bonds is 7. The Balaban J connectivity index is 0.00000200. The first-order valence-corrected chi connectivity index (χ1v) is 7.06. The molecule has 0 bridgehead atoms. The minimum absolute atomic E-state index is 0. The van der Waals surface area contributed by atoms with Gasteiger partial charge in [-0.3, -0.25) is 0 Å². The number of halogens is 1. The molecule has 0 spiro atoms. The van der Waals surface area contributed by atoms with E-state index < -0.39 is 0 Å². The van der Waals surface area contributed by atoms with Crippen LogP contribution in [0, 0.1) is 5.92 Å². The first kappa shape index (κ1) is 16.6. The second kappa shape index (κ2) is 9.44. The van der Waals surface area contributed by atoms with Crippen molar-refractivity contribution in [3.05, 3.63) is 66.2 Å². The number of benzene rings is 2. The Morgan fingerprint density at radius 1 is 0.900 bits per heavy atom. The lowest BCUT2D eigenvalue weighted by atomic mass is 9.97. The second-order valence-electron chi connectivity index (χ2n) is 5.10. The summed E-state index contributed by atoms with van der Waals surface area (Å²) in [6.45, 7) is 3.12. The Hall–Kier alpha value is -1.47. The van der Waals surface area contributed by atoms with Crippen LogP contribution in [-0.2, 0) is 6.42 Å². The van der Waals surface area contributed by atoms with Crippen LogP contribution in [0.4, 0.5) is 0 Å². The Morgan fingerprint density at radius 2 is 1.50 bits per heavy atom. The van der Waals surface area contributed by atoms with E-state index in [1.807, 2.05) is 30.3 Å². The molecule has 1 unspecified atom stereocenters. The van der Waals surface area contributed by atoms with Gasteiger partial charge in [-0.05, 0) is 42.9 Å². The molecule has 0 amide bonds. The Labute approximate surface area is 128 Å². The van der Waals surface area contributed by atoms with Crippen LogP contribution in [0.1, 0.15) is 25.3 Å². The minimum Gasteiger partial charge on any atom is -0.494 e. The summed E-state index contributed by atoms with van der Waals surface area (Å²) in [4.78, 5) is 0. The number of ether oxygens (including phenoxy) is 1. The summed E-state index contributed by atoms with van der Waals surface area (Å²) in [6, 6.07) is 20.7. The van der Waals surface area contributed by atoms with Crippen LogP contribution in [0.15, 0.2) is 60.7 Å². The van der Waals surface area contributed by atoms with Crippen molar-refractivity contribution in [3.8, 4) is 5.75 Å². The van der Waals surface area contributed by atoms with Gasteiger partial charge in [-0.2, -0.15) is 0 Å². The molecule has 0 aromatic heterocycles. The van der Waals surface area contributed by atoms with E-state index >= 15 is 0 Å². The number of para-hydroxylation sites is 1. The third kappa shape index (κ3) is 6.12. The molecule has 0 saturated carbocycles. The van der Waals surface area contributed by atoms with Gasteiger partial charge >= 0.3 is 0 Å². The molecule has 0 heterocycles. The zero-order chi connectivity index (χ0) is 13.3. The van der Waals surface area contributed by atoms with Crippen LogP contribution >= 0.6 is 12.4 Å². The zero-order valence-electron chi connectivity index (χ0n) is 12.0. The lowest BCUT2D eigenvalue weighted by Gasteiger charge is -2.12. The highest BCUT2D eigenvalue weighted by molar-refractivity contribution is 5.85. The van der Waals surface area contributed by atoms with Gasteiger partial charge < -0.3 is 4.74 Å². The quantitative estimate of drug-likeness (QED) is 0.641. The van der Waals surface area contributed by atoms with Crippen molar-refractivity contribution in [1.82, 2.24) is 0 Å². The predicted molar refractivity (Wildman–Crippen MR) is 87.7 cm³/mol. The second-order valence-corrected chi connectivity index (χ2v) is 5.10. The zero-order valence-corrected chi connectivity index (χ0v) is 12.8. The van der Waals surface area contributed by atoms with Gasteiger partial charge in [-0.1, -0.05) is 55.5 Å². The van der Waals surface area contributed by atoms with E-state index in [0.29, 0.717) is 5.92 Å². The Morgan fingerprint density at radius 3 is 2.15 bits per heavy atom. The van der Waals surface area contributed by atoms with E-state index in [1.165, 1.54) is 12.0 Å². The largest absolute Gasteiger partial charge is 0.494 e. The molecular formula is C18H23ClO. The minimum atomic E-state index is 0. The molecule has 0 aliphatic heterocycles. The fourth-order valence-electron chi connectivity index (χ4n) is 2.26. The van der Waals surface area contributed by atoms with Gasteiger partial charge in [0.05, 0.1) is 6.61 Å². The Bertz CT molecular complexity index is 455. The fourth-order valence-corrected chi connectivity index (χ4v) is 2.26. The molecule has 0 aliphatic rings. The van der Waals surface area contributed by atoms with Crippen molar-refractivity contribution < 1.29 is 4.74 Å². The summed E-state index contributed by atoms with van der Waals surface area (Å²) in [5, 5.41) is 0. The van der Waals surface area contributed by atoms with Crippen molar-refractivity contribution in [1.29, 1.82) is 0 Å². The van der Waals surface area contributed by atoms with Gasteiger partial charge in [-0.15, -0.1) is 12.4 Å². The van der Waals surface area contributed by atoms with Gasteiger partial charge in [0.1, 0.15) is 5.75 Å². The van der Waals surface area contributed by atoms with Gasteiger partial charge in [-0.25, -0.2) is 0 Å². The molecule has 20 heavy (non-hydrogen) atoms. The summed E-state index contributed by atoms with van der Waals surface area (Å²) >= 11 is 0. The maximum absolute atomic E-state index is 5.71. The van der Waals surface area contributed by atoms with E-state index in [4.69, 9.17) is 4.74 Å². The van der Waals surface area contributed by atoms with Crippen molar-refractivity contribution >= 4 is 12.4 Å². The predicted octanol–water partition coefficient (Wildman–Crippen LogP) is 5.15. The maximum atomic E-state index is 5.71. The van der Waals surface area contributed by atoms with Crippen LogP contribution < -0.4 is 4.74 Å². The molecule has 108 valence electrons. The average molecular weight is 291 g/mol. The summed E-state index contributed by atoms with van der Waals surface area (Å²) in [6.07, 6.45) is 3.48. The van der Waals surface area contributed by atoms with Crippen LogP contribution in [-0.4, -0.2) is 6.61 Å². The SMILES string of the molecule is CC(CCCOc1ccccc1)Cc1ccccc1.Cl. The third-order valence-corrected chi connectivity index (χ3v) is 3.28. The van der Waals surface area contributed by atoms with E-state index in [1.54, 1.807) is 0 Å². The molecule has 2 aromatic carbocycles. The van der Waals surface area contributed by atoms with E-state index in [9.17, 15) is 0 Å². The van der Waals surface area contributed by atoms with Crippen LogP contribution in [0.25, 0.3) is 0 Å². The Kier molecular flexibility index (Phi) is 7.82. The van der Waals surface area contributed by atoms with Crippen LogP contribution in [0.2, 0.25) is 0 Å². The molecule has 1 nitrogen and oxygen atoms in total. The van der Waals surface area contributed by atoms with Gasteiger partial charge in [0, 0.05) is 0 Å². The molecule has 0 aliphatic carbocycles. The third-order valence-electron chi connectivity index (χ3n) is 3.28. The van der Waals surface area contributed by atoms with Crippen molar-refractivity contribution in [2.45, 2.75) is 26.2 Å². The topological polar surface area (TPSA) is 9.23 Å². The lowest BCUT2D eigenvalue weighted by Crippen LogP contribution is -2.04. The smallest absolute Gasteiger partial charge is 0.119 e. The molecule has 0 fully saturated rings. The monoisotopic (exact) mass is 290 g/mol. The molecule has 2 rings (SSSR count). The highest BCUT2D eigenvalue weighted by Gasteiger charge is 2.03. The van der Waals surface area contributed by atoms with E-state index in [0.717, 1.165) is 25.2 Å². The molecule has 0 saturated heterocycles. The standard InChI is InChI=1S/C18H22O.ClH/c1-16(15-17-10-4-2-5-11-17)9-8-14-19-18-12-6-3-7-13-18;/h2-7,10-13,16H,8-9,14-15H2,1H3;1H. The van der Waals surface area contributed by atoms with Gasteiger partial charge in [0.2, 0.25) is 0 Å². The first-order chi connectivity index (χ1) is 9.34. The van der Waals surface area contributed by atoms with Crippen molar-refractivity contribution in [2.24, 2.45) is 5.92 Å². The highest BCUT2D eigenvalue weighted by Crippen LogP contribution is 2.14. The van der Waals surface area contributed by atoms with Crippen LogP contribution in [0.3, 0.4) is 0 Å². The normalized spacial score (nSPS) is 11.4. The van der Waals surface area contributed by atoms with Gasteiger partial charge in [0.25, 0.3) is 0 Å². The van der Waals surface area contributed by atoms with Crippen molar-refractivity contribution in [3.63, 3.8) is 0 Å². The summed E-state index contributed by atoms with van der Waals surface area (Å²) in [5.74, 6) is 1.68. The van der Waals surface area contributed by atoms with E-state index in [2.05, 4.69) is 37.3 Å². The number of hydrogen-bond acceptors (Lipinski definition) is 1. The molecular weight excluding hydrogens is 268 g/mol. The average Bonchev–Trinajstić information content (AvgIpc) is 2.46. The number of hydrogen-bond donors (Lipinski definition) is 0. The molecule has 0 N–H and O–H groups in total. The molecule has 2 aromatic rings. The van der Waals surface area contributed by atoms with Crippen molar-refractivity contribution in [2.75, 3.05) is 6.61 Å². The molecule has 2 heteroatoms. The maximum Gasteiger partial charge on any atom is 0.119 e. The fraction of sp³-hybridized carbons (Fsp3) is 0.333. The summed E-state index contributed by atoms with van der Waals surface area (Å²) in [5.41, 5.74) is 1.43.